The highest BCUT2D eigenvalue weighted by Gasteiger charge is 2.42. The van der Waals surface area contributed by atoms with Crippen LogP contribution in [0.2, 0.25) is 0 Å². The number of nitrogens with zero attached hydrogens (tertiary/aromatic N) is 3. The van der Waals surface area contributed by atoms with E-state index in [1.54, 1.807) is 6.92 Å². The van der Waals surface area contributed by atoms with Crippen molar-refractivity contribution in [1.29, 1.82) is 0 Å². The van der Waals surface area contributed by atoms with Crippen LogP contribution in [0.1, 0.15) is 42.8 Å². The molecule has 0 aromatic carbocycles. The topological polar surface area (TPSA) is 57.0 Å². The summed E-state index contributed by atoms with van der Waals surface area (Å²) in [7, 11) is 0. The number of fused-ring (bicyclic) bond motifs is 1. The molecule has 0 bridgehead atoms. The summed E-state index contributed by atoms with van der Waals surface area (Å²) in [5.74, 6) is -3.27. The van der Waals surface area contributed by atoms with Gasteiger partial charge in [-0.25, -0.2) is 23.2 Å². The van der Waals surface area contributed by atoms with Gasteiger partial charge in [0.2, 0.25) is 0 Å². The third-order valence-corrected chi connectivity index (χ3v) is 2.68. The highest BCUT2D eigenvalue weighted by molar-refractivity contribution is 5.85. The molecule has 1 aliphatic heterocycles. The Morgan fingerprint density at radius 1 is 1.65 bits per heavy atom. The summed E-state index contributed by atoms with van der Waals surface area (Å²) in [6.45, 7) is 2.71. The lowest BCUT2D eigenvalue weighted by Gasteiger charge is -2.18. The molecule has 7 heteroatoms. The molecule has 1 atom stereocenters. The monoisotopic (exact) mass is 245 g/mol. The maximum absolute atomic E-state index is 13.3. The van der Waals surface area contributed by atoms with E-state index in [-0.39, 0.29) is 12.4 Å². The minimum atomic E-state index is -2.87. The van der Waals surface area contributed by atoms with E-state index in [4.69, 9.17) is 4.74 Å². The van der Waals surface area contributed by atoms with E-state index in [0.717, 1.165) is 11.6 Å². The Balaban J connectivity index is 2.26. The molecule has 1 aromatic heterocycles. The molecule has 0 saturated carbocycles. The maximum atomic E-state index is 13.3. The Kier molecular flexibility index (Phi) is 2.84. The minimum absolute atomic E-state index is 0.143. The maximum Gasteiger partial charge on any atom is 0.378 e. The van der Waals surface area contributed by atoms with Gasteiger partial charge in [-0.3, -0.25) is 0 Å². The summed E-state index contributed by atoms with van der Waals surface area (Å²) in [4.78, 5) is 15.3. The highest BCUT2D eigenvalue weighted by Crippen LogP contribution is 2.36. The number of hydrogen-bond donors (Lipinski definition) is 0. The molecule has 2 heterocycles. The lowest BCUT2D eigenvalue weighted by molar-refractivity contribution is -0.0340. The number of carbonyl (C=O) groups is 1. The first kappa shape index (κ1) is 11.9. The van der Waals surface area contributed by atoms with Gasteiger partial charge in [-0.2, -0.15) is 0 Å². The van der Waals surface area contributed by atoms with Gasteiger partial charge >= 0.3 is 5.97 Å². The molecule has 0 N–H and O–H groups in total. The van der Waals surface area contributed by atoms with Gasteiger partial charge in [0.15, 0.2) is 0 Å². The fourth-order valence-electron chi connectivity index (χ4n) is 1.91. The van der Waals surface area contributed by atoms with E-state index in [9.17, 15) is 13.6 Å². The van der Waals surface area contributed by atoms with Crippen LogP contribution in [-0.2, 0) is 11.2 Å². The van der Waals surface area contributed by atoms with Crippen LogP contribution in [0.5, 0.6) is 0 Å². The second-order valence-electron chi connectivity index (χ2n) is 4.03. The average Bonchev–Trinajstić information content (AvgIpc) is 2.73. The second-order valence-corrected chi connectivity index (χ2v) is 4.03. The second kappa shape index (κ2) is 4.05. The Morgan fingerprint density at radius 3 is 2.94 bits per heavy atom. The van der Waals surface area contributed by atoms with Crippen molar-refractivity contribution >= 4 is 5.97 Å². The third kappa shape index (κ3) is 2.13. The van der Waals surface area contributed by atoms with Crippen molar-refractivity contribution in [3.63, 3.8) is 0 Å². The zero-order chi connectivity index (χ0) is 12.6. The first-order valence-electron chi connectivity index (χ1n) is 5.44. The van der Waals surface area contributed by atoms with Crippen molar-refractivity contribution < 1.29 is 18.3 Å². The van der Waals surface area contributed by atoms with Gasteiger partial charge in [0.05, 0.1) is 6.61 Å². The minimum Gasteiger partial charge on any atom is -0.460 e. The Morgan fingerprint density at radius 2 is 2.35 bits per heavy atom. The van der Waals surface area contributed by atoms with Gasteiger partial charge in [-0.1, -0.05) is 0 Å². The van der Waals surface area contributed by atoms with E-state index in [0.29, 0.717) is 18.7 Å². The molecule has 2 rings (SSSR count). The SMILES string of the molecule is CCOC(=O)c1nc2n(n1)C(C(C)(F)F)CC2. The zero-order valence-electron chi connectivity index (χ0n) is 9.61. The van der Waals surface area contributed by atoms with Crippen molar-refractivity contribution in [2.24, 2.45) is 0 Å². The zero-order valence-corrected chi connectivity index (χ0v) is 9.61. The Hall–Kier alpha value is -1.53. The lowest BCUT2D eigenvalue weighted by atomic mass is 10.1. The van der Waals surface area contributed by atoms with Crippen molar-refractivity contribution in [1.82, 2.24) is 14.8 Å². The first-order chi connectivity index (χ1) is 7.93. The van der Waals surface area contributed by atoms with Gasteiger partial charge in [-0.05, 0) is 13.3 Å². The normalized spacial score (nSPS) is 19.2. The van der Waals surface area contributed by atoms with E-state index in [2.05, 4.69) is 10.1 Å². The summed E-state index contributed by atoms with van der Waals surface area (Å²) in [5, 5.41) is 3.81. The lowest BCUT2D eigenvalue weighted by Crippen LogP contribution is -2.26. The summed E-state index contributed by atoms with van der Waals surface area (Å²) in [6, 6.07) is -1.02. The van der Waals surface area contributed by atoms with Crippen molar-refractivity contribution in [2.75, 3.05) is 6.61 Å². The van der Waals surface area contributed by atoms with Gasteiger partial charge in [-0.15, -0.1) is 5.10 Å². The molecule has 94 valence electrons. The van der Waals surface area contributed by atoms with Gasteiger partial charge in [0, 0.05) is 13.3 Å². The molecule has 0 amide bonds. The smallest absolute Gasteiger partial charge is 0.378 e. The molecule has 0 radical (unpaired) electrons. The molecular formula is C10H13F2N3O2. The fourth-order valence-corrected chi connectivity index (χ4v) is 1.91. The van der Waals surface area contributed by atoms with E-state index in [1.165, 1.54) is 0 Å². The fraction of sp³-hybridized carbons (Fsp3) is 0.700. The molecule has 0 spiro atoms. The van der Waals surface area contributed by atoms with Crippen molar-refractivity contribution in [3.8, 4) is 0 Å². The van der Waals surface area contributed by atoms with Crippen LogP contribution < -0.4 is 0 Å². The first-order valence-corrected chi connectivity index (χ1v) is 5.44. The number of aromatic nitrogens is 3. The summed E-state index contributed by atoms with van der Waals surface area (Å²) < 4.78 is 32.4. The largest absolute Gasteiger partial charge is 0.460 e. The number of rotatable bonds is 3. The van der Waals surface area contributed by atoms with Crippen LogP contribution in [0.25, 0.3) is 0 Å². The van der Waals surface area contributed by atoms with Crippen LogP contribution in [0.3, 0.4) is 0 Å². The molecule has 0 saturated heterocycles. The molecule has 17 heavy (non-hydrogen) atoms. The van der Waals surface area contributed by atoms with Crippen molar-refractivity contribution in [3.05, 3.63) is 11.6 Å². The highest BCUT2D eigenvalue weighted by atomic mass is 19.3. The molecule has 5 nitrogen and oxygen atoms in total. The number of halogens is 2. The predicted molar refractivity (Wildman–Crippen MR) is 54.0 cm³/mol. The van der Waals surface area contributed by atoms with E-state index < -0.39 is 17.9 Å². The molecule has 1 aliphatic rings. The average molecular weight is 245 g/mol. The van der Waals surface area contributed by atoms with Crippen LogP contribution in [-0.4, -0.2) is 33.3 Å². The van der Waals surface area contributed by atoms with E-state index >= 15 is 0 Å². The Labute approximate surface area is 96.8 Å². The number of aryl methyl sites for hydroxylation is 1. The van der Waals surface area contributed by atoms with Crippen LogP contribution in [0.15, 0.2) is 0 Å². The standard InChI is InChI=1S/C10H13F2N3O2/c1-3-17-9(16)8-13-7-5-4-6(10(2,11)12)15(7)14-8/h6H,3-5H2,1-2H3. The summed E-state index contributed by atoms with van der Waals surface area (Å²) in [6.07, 6.45) is 0.697. The van der Waals surface area contributed by atoms with Gasteiger partial charge in [0.25, 0.3) is 11.7 Å². The van der Waals surface area contributed by atoms with Gasteiger partial charge < -0.3 is 4.74 Å². The number of esters is 1. The van der Waals surface area contributed by atoms with Crippen LogP contribution in [0, 0.1) is 0 Å². The molecule has 0 aliphatic carbocycles. The molecule has 0 fully saturated rings. The number of carbonyl (C=O) groups excluding carboxylic acids is 1. The molecular weight excluding hydrogens is 232 g/mol. The number of hydrogen-bond acceptors (Lipinski definition) is 4. The summed E-state index contributed by atoms with van der Waals surface area (Å²) in [5.41, 5.74) is 0. The number of ether oxygens (including phenoxy) is 1. The molecule has 1 unspecified atom stereocenters. The van der Waals surface area contributed by atoms with Crippen LogP contribution in [0.4, 0.5) is 8.78 Å². The van der Waals surface area contributed by atoms with Gasteiger partial charge in [0.1, 0.15) is 11.9 Å². The number of alkyl halides is 2. The van der Waals surface area contributed by atoms with Crippen molar-refractivity contribution in [2.45, 2.75) is 38.7 Å². The quantitative estimate of drug-likeness (QED) is 0.759. The van der Waals surface area contributed by atoms with E-state index in [1.807, 2.05) is 0 Å². The Bertz CT molecular complexity index is 439. The predicted octanol–water partition coefficient (Wildman–Crippen LogP) is 1.60. The third-order valence-electron chi connectivity index (χ3n) is 2.68. The summed E-state index contributed by atoms with van der Waals surface area (Å²) >= 11 is 0. The van der Waals surface area contributed by atoms with Crippen LogP contribution >= 0.6 is 0 Å². The molecule has 1 aromatic rings.